The number of hydrogen-bond donors (Lipinski definition) is 0. The van der Waals surface area contributed by atoms with Crippen LogP contribution in [0.1, 0.15) is 26.7 Å². The monoisotopic (exact) mass is 365 g/mol. The zero-order valence-electron chi connectivity index (χ0n) is 12.9. The quantitative estimate of drug-likeness (QED) is 0.226. The summed E-state index contributed by atoms with van der Waals surface area (Å²) in [6, 6.07) is 0. The van der Waals surface area contributed by atoms with Crippen molar-refractivity contribution >= 4 is 15.6 Å². The predicted molar refractivity (Wildman–Crippen MR) is 78.7 cm³/mol. The van der Waals surface area contributed by atoms with Crippen LogP contribution in [-0.2, 0) is 22.7 Å². The molecule has 0 aliphatic rings. The highest BCUT2D eigenvalue weighted by molar-refractivity contribution is 7.58. The summed E-state index contributed by atoms with van der Waals surface area (Å²) in [5, 5.41) is 0. The summed E-state index contributed by atoms with van der Waals surface area (Å²) in [7, 11) is -10.8. The smallest absolute Gasteiger partial charge is 0.272 e. The summed E-state index contributed by atoms with van der Waals surface area (Å²) in [5.74, 6) is 2.36. The van der Waals surface area contributed by atoms with Crippen molar-refractivity contribution in [2.45, 2.75) is 26.7 Å². The molecule has 0 radical (unpaired) electrons. The van der Waals surface area contributed by atoms with Gasteiger partial charge in [0.1, 0.15) is 6.61 Å². The zero-order chi connectivity index (χ0) is 17.9. The molecule has 0 rings (SSSR count). The van der Waals surface area contributed by atoms with E-state index in [9.17, 15) is 23.8 Å². The lowest BCUT2D eigenvalue weighted by Crippen LogP contribution is -2.19. The van der Waals surface area contributed by atoms with Gasteiger partial charge in [-0.05, 0) is 26.7 Å². The normalized spacial score (nSPS) is 16.0. The molecule has 132 valence electrons. The van der Waals surface area contributed by atoms with Crippen LogP contribution in [0.25, 0.3) is 0 Å². The molecule has 0 heterocycles. The second-order valence-electron chi connectivity index (χ2n) is 4.61. The average Bonchev–Trinajstić information content (AvgIpc) is 2.35. The van der Waals surface area contributed by atoms with E-state index in [1.165, 1.54) is 6.08 Å². The summed E-state index contributed by atoms with van der Waals surface area (Å²) in [5.41, 5.74) is 1.84. The van der Waals surface area contributed by atoms with Gasteiger partial charge in [0, 0.05) is 0 Å². The van der Waals surface area contributed by atoms with Gasteiger partial charge in [-0.2, -0.15) is 0 Å². The van der Waals surface area contributed by atoms with E-state index in [0.29, 0.717) is 19.4 Å². The molecule has 1 unspecified atom stereocenters. The van der Waals surface area contributed by atoms with Gasteiger partial charge in [-0.3, -0.25) is 8.88 Å². The summed E-state index contributed by atoms with van der Waals surface area (Å²) in [6.45, 7) is 3.92. The van der Waals surface area contributed by atoms with E-state index < -0.39 is 22.3 Å². The molecule has 1 atom stereocenters. The van der Waals surface area contributed by atoms with E-state index in [4.69, 9.17) is 11.2 Å². The van der Waals surface area contributed by atoms with E-state index in [1.54, 1.807) is 6.92 Å². The molecular weight excluding hydrogens is 346 g/mol. The average molecular weight is 365 g/mol. The first-order valence-electron chi connectivity index (χ1n) is 6.57. The van der Waals surface area contributed by atoms with Gasteiger partial charge in [0.25, 0.3) is 7.82 Å². The molecule has 0 saturated heterocycles. The van der Waals surface area contributed by atoms with Gasteiger partial charge in [0.15, 0.2) is 0 Å². The third-order valence-corrected chi connectivity index (χ3v) is 4.48. The summed E-state index contributed by atoms with van der Waals surface area (Å²) in [4.78, 5) is 31.4. The molecule has 0 aromatic heterocycles. The largest absolute Gasteiger partial charge is 0.790 e. The van der Waals surface area contributed by atoms with Crippen LogP contribution in [0, 0.1) is 12.3 Å². The van der Waals surface area contributed by atoms with E-state index in [2.05, 4.69) is 14.8 Å². The topological polar surface area (TPSA) is 131 Å². The van der Waals surface area contributed by atoms with Crippen molar-refractivity contribution in [3.63, 3.8) is 0 Å². The molecule has 0 saturated carbocycles. The Hall–Kier alpha value is -0.740. The zero-order valence-corrected chi connectivity index (χ0v) is 14.7. The van der Waals surface area contributed by atoms with Gasteiger partial charge in [0.05, 0.1) is 21.0 Å². The molecule has 23 heavy (non-hydrogen) atoms. The Morgan fingerprint density at radius 3 is 2.39 bits per heavy atom. The van der Waals surface area contributed by atoms with Gasteiger partial charge in [-0.25, -0.2) is 0 Å². The molecular formula is C13H19O8P2-3. The van der Waals surface area contributed by atoms with Crippen molar-refractivity contribution < 1.29 is 37.4 Å². The second-order valence-corrected chi connectivity index (χ2v) is 7.31. The van der Waals surface area contributed by atoms with Crippen LogP contribution < -0.4 is 14.7 Å². The lowest BCUT2D eigenvalue weighted by Gasteiger charge is -2.34. The summed E-state index contributed by atoms with van der Waals surface area (Å²) < 4.78 is 33.9. The van der Waals surface area contributed by atoms with Crippen LogP contribution in [0.5, 0.6) is 0 Å². The van der Waals surface area contributed by atoms with Gasteiger partial charge in [-0.1, -0.05) is 29.2 Å². The summed E-state index contributed by atoms with van der Waals surface area (Å²) >= 11 is 0. The minimum absolute atomic E-state index is 0.248. The van der Waals surface area contributed by atoms with Crippen LogP contribution in [0.3, 0.4) is 0 Å². The molecule has 8 nitrogen and oxygen atoms in total. The highest BCUT2D eigenvalue weighted by Gasteiger charge is 2.10. The minimum Gasteiger partial charge on any atom is -0.790 e. The van der Waals surface area contributed by atoms with Gasteiger partial charge in [0.2, 0.25) is 0 Å². The number of phosphoric acid groups is 2. The van der Waals surface area contributed by atoms with Crippen LogP contribution in [0.2, 0.25) is 0 Å². The molecule has 10 heteroatoms. The maximum Gasteiger partial charge on any atom is 0.272 e. The number of rotatable bonds is 11. The van der Waals surface area contributed by atoms with Crippen LogP contribution in [0.4, 0.5) is 0 Å². The number of terminal acetylenes is 1. The van der Waals surface area contributed by atoms with Gasteiger partial charge < -0.3 is 28.5 Å². The van der Waals surface area contributed by atoms with Crippen molar-refractivity contribution in [2.75, 3.05) is 19.8 Å². The number of allylic oxidation sites excluding steroid dienone is 2. The Morgan fingerprint density at radius 2 is 1.83 bits per heavy atom. The third kappa shape index (κ3) is 14.6. The Labute approximate surface area is 136 Å². The molecule has 0 bridgehead atoms. The molecule has 0 fully saturated rings. The molecule has 0 spiro atoms. The predicted octanol–water partition coefficient (Wildman–Crippen LogP) is 0.639. The van der Waals surface area contributed by atoms with E-state index in [0.717, 1.165) is 11.1 Å². The van der Waals surface area contributed by atoms with Crippen molar-refractivity contribution in [2.24, 2.45) is 0 Å². The fourth-order valence-corrected chi connectivity index (χ4v) is 2.82. The Kier molecular flexibility index (Phi) is 10.6. The second kappa shape index (κ2) is 10.9. The molecule has 0 aliphatic heterocycles. The molecule has 0 aromatic carbocycles. The standard InChI is InChI=1S/C13H22O8P2/c1-4-9-19-11-13(3)7-5-6-12(2)8-10-20-23(17,18)21-22(14,15)16/h1,7-8H,5-6,9-11H2,2-3H3,(H,17,18)(H2,14,15,16)/p-3/b12-8+,13-7+. The molecule has 0 aromatic rings. The first-order valence-corrected chi connectivity index (χ1v) is 9.49. The Balaban J connectivity index is 4.13. The molecule has 0 aliphatic carbocycles. The van der Waals surface area contributed by atoms with Crippen molar-refractivity contribution in [3.05, 3.63) is 23.3 Å². The maximum absolute atomic E-state index is 11.0. The fourth-order valence-electron chi connectivity index (χ4n) is 1.40. The van der Waals surface area contributed by atoms with Crippen molar-refractivity contribution in [1.29, 1.82) is 0 Å². The number of ether oxygens (including phenoxy) is 1. The summed E-state index contributed by atoms with van der Waals surface area (Å²) in [6.07, 6.45) is 9.81. The molecule has 0 amide bonds. The fraction of sp³-hybridized carbons (Fsp3) is 0.538. The van der Waals surface area contributed by atoms with Crippen molar-refractivity contribution in [1.82, 2.24) is 0 Å². The maximum atomic E-state index is 11.0. The lowest BCUT2D eigenvalue weighted by molar-refractivity contribution is -0.339. The van der Waals surface area contributed by atoms with Gasteiger partial charge >= 0.3 is 0 Å². The van der Waals surface area contributed by atoms with Crippen LogP contribution in [-0.4, -0.2) is 19.8 Å². The highest BCUT2D eigenvalue weighted by atomic mass is 31.3. The van der Waals surface area contributed by atoms with Crippen LogP contribution in [0.15, 0.2) is 23.3 Å². The van der Waals surface area contributed by atoms with E-state index >= 15 is 0 Å². The SMILES string of the molecule is C#CCOC/C(C)=C/CC/C(C)=C/COP(=O)([O-])OP(=O)([O-])[O-]. The first-order chi connectivity index (χ1) is 10.6. The Morgan fingerprint density at radius 1 is 1.17 bits per heavy atom. The Bertz CT molecular complexity index is 555. The van der Waals surface area contributed by atoms with Crippen molar-refractivity contribution in [3.8, 4) is 12.3 Å². The van der Waals surface area contributed by atoms with E-state index in [1.807, 2.05) is 13.0 Å². The van der Waals surface area contributed by atoms with Crippen LogP contribution >= 0.6 is 15.6 Å². The lowest BCUT2D eigenvalue weighted by atomic mass is 10.1. The van der Waals surface area contributed by atoms with Gasteiger partial charge in [-0.15, -0.1) is 6.42 Å². The number of phosphoric ester groups is 1. The molecule has 0 N–H and O–H groups in total. The van der Waals surface area contributed by atoms with E-state index in [-0.39, 0.29) is 6.61 Å². The third-order valence-electron chi connectivity index (χ3n) is 2.41. The highest BCUT2D eigenvalue weighted by Crippen LogP contribution is 2.50. The first kappa shape index (κ1) is 22.3. The minimum atomic E-state index is -5.64. The number of hydrogen-bond acceptors (Lipinski definition) is 8.